The smallest absolute Gasteiger partial charge is 0.257 e. The van der Waals surface area contributed by atoms with Crippen molar-refractivity contribution >= 4 is 5.91 Å². The molecule has 7 nitrogen and oxygen atoms in total. The highest BCUT2D eigenvalue weighted by molar-refractivity contribution is 5.77. The van der Waals surface area contributed by atoms with Gasteiger partial charge in [0.1, 0.15) is 5.75 Å². The van der Waals surface area contributed by atoms with E-state index in [1.165, 1.54) is 0 Å². The Morgan fingerprint density at radius 1 is 1.35 bits per heavy atom. The number of aromatic nitrogens is 4. The number of carbonyl (C=O) groups is 1. The van der Waals surface area contributed by atoms with E-state index in [2.05, 4.69) is 20.8 Å². The van der Waals surface area contributed by atoms with E-state index in [1.54, 1.807) is 4.68 Å². The Balaban J connectivity index is 1.77. The number of nitrogens with zero attached hydrogens (tertiary/aromatic N) is 4. The Morgan fingerprint density at radius 2 is 2.13 bits per heavy atom. The molecule has 2 aromatic rings. The maximum absolute atomic E-state index is 11.9. The van der Waals surface area contributed by atoms with Crippen LogP contribution in [-0.2, 0) is 11.2 Å². The average Bonchev–Trinajstić information content (AvgIpc) is 2.97. The van der Waals surface area contributed by atoms with E-state index >= 15 is 0 Å². The Labute approximate surface area is 136 Å². The predicted molar refractivity (Wildman–Crippen MR) is 86.3 cm³/mol. The molecule has 0 aliphatic carbocycles. The number of carbonyl (C=O) groups excluding carboxylic acids is 1. The van der Waals surface area contributed by atoms with Crippen molar-refractivity contribution in [2.45, 2.75) is 40.2 Å². The van der Waals surface area contributed by atoms with Gasteiger partial charge in [-0.2, -0.15) is 0 Å². The fourth-order valence-electron chi connectivity index (χ4n) is 2.15. The van der Waals surface area contributed by atoms with Gasteiger partial charge < -0.3 is 10.1 Å². The minimum absolute atomic E-state index is 0.000581. The van der Waals surface area contributed by atoms with Crippen LogP contribution in [-0.4, -0.2) is 39.3 Å². The van der Waals surface area contributed by atoms with Crippen molar-refractivity contribution in [3.05, 3.63) is 35.2 Å². The van der Waals surface area contributed by atoms with Crippen molar-refractivity contribution in [3.63, 3.8) is 0 Å². The third-order valence-corrected chi connectivity index (χ3v) is 3.42. The summed E-state index contributed by atoms with van der Waals surface area (Å²) in [7, 11) is 0. The average molecular weight is 317 g/mol. The molecular weight excluding hydrogens is 294 g/mol. The maximum atomic E-state index is 11.9. The van der Waals surface area contributed by atoms with Crippen LogP contribution in [0.25, 0.3) is 0 Å². The number of hydrogen-bond acceptors (Lipinski definition) is 5. The SMILES string of the molecule is Cc1ccc(C)c(OCC(=O)NCCc2nnnn2C(C)C)c1. The largest absolute Gasteiger partial charge is 0.483 e. The third kappa shape index (κ3) is 4.77. The number of nitrogens with one attached hydrogen (secondary N) is 1. The first kappa shape index (κ1) is 16.9. The molecule has 0 spiro atoms. The van der Waals surface area contributed by atoms with Gasteiger partial charge in [-0.05, 0) is 55.3 Å². The molecule has 23 heavy (non-hydrogen) atoms. The standard InChI is InChI=1S/C16H23N5O2/c1-11(2)21-15(18-19-20-21)7-8-17-16(22)10-23-14-9-12(3)5-6-13(14)4/h5-6,9,11H,7-8,10H2,1-4H3,(H,17,22). The summed E-state index contributed by atoms with van der Waals surface area (Å²) < 4.78 is 7.32. The van der Waals surface area contributed by atoms with E-state index in [9.17, 15) is 4.79 Å². The molecule has 0 fully saturated rings. The Hall–Kier alpha value is -2.44. The number of hydrogen-bond donors (Lipinski definition) is 1. The van der Waals surface area contributed by atoms with Crippen LogP contribution in [0.3, 0.4) is 0 Å². The van der Waals surface area contributed by atoms with Gasteiger partial charge in [-0.1, -0.05) is 12.1 Å². The van der Waals surface area contributed by atoms with Crippen molar-refractivity contribution < 1.29 is 9.53 Å². The van der Waals surface area contributed by atoms with Crippen LogP contribution in [0, 0.1) is 13.8 Å². The number of tetrazole rings is 1. The summed E-state index contributed by atoms with van der Waals surface area (Å²) in [4.78, 5) is 11.9. The second-order valence-corrected chi connectivity index (χ2v) is 5.79. The van der Waals surface area contributed by atoms with Gasteiger partial charge in [0.25, 0.3) is 5.91 Å². The summed E-state index contributed by atoms with van der Waals surface area (Å²) in [5.41, 5.74) is 2.12. The molecule has 0 atom stereocenters. The van der Waals surface area contributed by atoms with Gasteiger partial charge in [-0.15, -0.1) is 5.10 Å². The zero-order valence-corrected chi connectivity index (χ0v) is 14.0. The second kappa shape index (κ2) is 7.71. The minimum Gasteiger partial charge on any atom is -0.483 e. The molecule has 1 heterocycles. The highest BCUT2D eigenvalue weighted by Crippen LogP contribution is 2.18. The zero-order valence-electron chi connectivity index (χ0n) is 14.0. The van der Waals surface area contributed by atoms with Crippen molar-refractivity contribution in [1.82, 2.24) is 25.5 Å². The lowest BCUT2D eigenvalue weighted by atomic mass is 10.1. The van der Waals surface area contributed by atoms with Crippen LogP contribution in [0.1, 0.15) is 36.8 Å². The van der Waals surface area contributed by atoms with E-state index in [1.807, 2.05) is 45.9 Å². The van der Waals surface area contributed by atoms with Gasteiger partial charge in [-0.3, -0.25) is 4.79 Å². The summed E-state index contributed by atoms with van der Waals surface area (Å²) in [5.74, 6) is 1.34. The normalized spacial score (nSPS) is 10.8. The molecule has 0 radical (unpaired) electrons. The van der Waals surface area contributed by atoms with Gasteiger partial charge >= 0.3 is 0 Å². The lowest BCUT2D eigenvalue weighted by molar-refractivity contribution is -0.123. The molecular formula is C16H23N5O2. The van der Waals surface area contributed by atoms with E-state index in [4.69, 9.17) is 4.74 Å². The van der Waals surface area contributed by atoms with E-state index in [-0.39, 0.29) is 18.6 Å². The first-order valence-electron chi connectivity index (χ1n) is 7.71. The topological polar surface area (TPSA) is 81.9 Å². The van der Waals surface area contributed by atoms with E-state index < -0.39 is 0 Å². The molecule has 0 bridgehead atoms. The highest BCUT2D eigenvalue weighted by Gasteiger charge is 2.10. The number of aryl methyl sites for hydroxylation is 2. The molecule has 0 aliphatic heterocycles. The van der Waals surface area contributed by atoms with Crippen LogP contribution >= 0.6 is 0 Å². The predicted octanol–water partition coefficient (Wildman–Crippen LogP) is 1.61. The van der Waals surface area contributed by atoms with Gasteiger partial charge in [0.2, 0.25) is 0 Å². The summed E-state index contributed by atoms with van der Waals surface area (Å²) in [5, 5.41) is 14.4. The van der Waals surface area contributed by atoms with Gasteiger partial charge in [-0.25, -0.2) is 4.68 Å². The quantitative estimate of drug-likeness (QED) is 0.839. The molecule has 0 unspecified atom stereocenters. The van der Waals surface area contributed by atoms with Crippen molar-refractivity contribution in [2.75, 3.05) is 13.2 Å². The number of ether oxygens (including phenoxy) is 1. The molecule has 2 rings (SSSR count). The maximum Gasteiger partial charge on any atom is 0.257 e. The molecule has 1 aromatic carbocycles. The fraction of sp³-hybridized carbons (Fsp3) is 0.500. The zero-order chi connectivity index (χ0) is 16.8. The molecule has 7 heteroatoms. The Morgan fingerprint density at radius 3 is 2.87 bits per heavy atom. The first-order chi connectivity index (χ1) is 11.0. The molecule has 1 N–H and O–H groups in total. The number of rotatable bonds is 7. The van der Waals surface area contributed by atoms with Crippen LogP contribution < -0.4 is 10.1 Å². The fourth-order valence-corrected chi connectivity index (χ4v) is 2.15. The summed E-state index contributed by atoms with van der Waals surface area (Å²) in [6, 6.07) is 6.12. The second-order valence-electron chi connectivity index (χ2n) is 5.79. The van der Waals surface area contributed by atoms with Crippen molar-refractivity contribution in [2.24, 2.45) is 0 Å². The van der Waals surface area contributed by atoms with Crippen LogP contribution in [0.4, 0.5) is 0 Å². The van der Waals surface area contributed by atoms with Crippen LogP contribution in [0.2, 0.25) is 0 Å². The molecule has 0 saturated carbocycles. The first-order valence-corrected chi connectivity index (χ1v) is 7.71. The third-order valence-electron chi connectivity index (χ3n) is 3.42. The summed E-state index contributed by atoms with van der Waals surface area (Å²) >= 11 is 0. The summed E-state index contributed by atoms with van der Waals surface area (Å²) in [6.07, 6.45) is 0.584. The highest BCUT2D eigenvalue weighted by atomic mass is 16.5. The van der Waals surface area contributed by atoms with Crippen LogP contribution in [0.5, 0.6) is 5.75 Å². The van der Waals surface area contributed by atoms with Gasteiger partial charge in [0.15, 0.2) is 12.4 Å². The monoisotopic (exact) mass is 317 g/mol. The van der Waals surface area contributed by atoms with Gasteiger partial charge in [0, 0.05) is 13.0 Å². The van der Waals surface area contributed by atoms with E-state index in [0.29, 0.717) is 13.0 Å². The minimum atomic E-state index is -0.158. The van der Waals surface area contributed by atoms with Crippen LogP contribution in [0.15, 0.2) is 18.2 Å². The number of amides is 1. The van der Waals surface area contributed by atoms with Crippen molar-refractivity contribution in [1.29, 1.82) is 0 Å². The molecule has 1 aromatic heterocycles. The Kier molecular flexibility index (Phi) is 5.67. The van der Waals surface area contributed by atoms with Gasteiger partial charge in [0.05, 0.1) is 6.04 Å². The molecule has 124 valence electrons. The number of benzene rings is 1. The Bertz CT molecular complexity index is 666. The molecule has 0 aliphatic rings. The van der Waals surface area contributed by atoms with E-state index in [0.717, 1.165) is 22.7 Å². The lowest BCUT2D eigenvalue weighted by Gasteiger charge is -2.11. The molecule has 1 amide bonds. The van der Waals surface area contributed by atoms with Crippen molar-refractivity contribution in [3.8, 4) is 5.75 Å². The molecule has 0 saturated heterocycles. The lowest BCUT2D eigenvalue weighted by Crippen LogP contribution is -2.31. The summed E-state index contributed by atoms with van der Waals surface area (Å²) in [6.45, 7) is 8.44.